The van der Waals surface area contributed by atoms with Gasteiger partial charge in [0, 0.05) is 7.11 Å². The monoisotopic (exact) mass is 405 g/mol. The number of ether oxygens (including phenoxy) is 2. The number of thiazole rings is 1. The van der Waals surface area contributed by atoms with E-state index < -0.39 is 0 Å². The van der Waals surface area contributed by atoms with Gasteiger partial charge in [-0.15, -0.1) is 11.3 Å². The van der Waals surface area contributed by atoms with Crippen LogP contribution in [0.2, 0.25) is 0 Å². The molecule has 1 aliphatic rings. The average molecular weight is 406 g/mol. The van der Waals surface area contributed by atoms with E-state index in [1.807, 2.05) is 20.2 Å². The van der Waals surface area contributed by atoms with E-state index in [1.165, 1.54) is 32.1 Å². The van der Waals surface area contributed by atoms with Gasteiger partial charge in [0.25, 0.3) is 6.47 Å². The molecule has 1 aliphatic carbocycles. The van der Waals surface area contributed by atoms with Gasteiger partial charge in [0.15, 0.2) is 0 Å². The Kier molecular flexibility index (Phi) is 9.99. The van der Waals surface area contributed by atoms with Gasteiger partial charge in [0.2, 0.25) is 0 Å². The molecule has 0 N–H and O–H groups in total. The number of unbranched alkanes of at least 4 members (excludes halogenated alkanes) is 1. The maximum absolute atomic E-state index is 9.46. The van der Waals surface area contributed by atoms with Crippen LogP contribution in [0.25, 0.3) is 0 Å². The van der Waals surface area contributed by atoms with Crippen molar-refractivity contribution in [3.8, 4) is 0 Å². The van der Waals surface area contributed by atoms with Gasteiger partial charge < -0.3 is 9.47 Å². The van der Waals surface area contributed by atoms with Gasteiger partial charge in [0.05, 0.1) is 16.6 Å². The van der Waals surface area contributed by atoms with Crippen LogP contribution in [0.3, 0.4) is 0 Å². The molecule has 1 atom stereocenters. The normalized spacial score (nSPS) is 17.7. The van der Waals surface area contributed by atoms with Crippen LogP contribution in [-0.2, 0) is 19.9 Å². The minimum atomic E-state index is -0.197. The molecule has 132 valence electrons. The SMILES string of the molecule is CCCCOC=O.COC(C)(c1ncc(Br)s1)C1CCCCC1. The molecule has 0 bridgehead atoms. The molecule has 6 heteroatoms. The summed E-state index contributed by atoms with van der Waals surface area (Å²) < 4.78 is 11.3. The van der Waals surface area contributed by atoms with Gasteiger partial charge in [-0.2, -0.15) is 0 Å². The lowest BCUT2D eigenvalue weighted by molar-refractivity contribution is -0.128. The fourth-order valence-electron chi connectivity index (χ4n) is 2.84. The molecule has 0 radical (unpaired) electrons. The Bertz CT molecular complexity index is 449. The number of halogens is 1. The van der Waals surface area contributed by atoms with Crippen LogP contribution in [0.15, 0.2) is 9.98 Å². The number of rotatable bonds is 7. The van der Waals surface area contributed by atoms with Crippen molar-refractivity contribution in [2.45, 2.75) is 64.4 Å². The molecule has 1 saturated carbocycles. The highest BCUT2D eigenvalue weighted by atomic mass is 79.9. The quantitative estimate of drug-likeness (QED) is 0.455. The molecule has 0 aliphatic heterocycles. The molecule has 1 fully saturated rings. The van der Waals surface area contributed by atoms with Gasteiger partial charge >= 0.3 is 0 Å². The van der Waals surface area contributed by atoms with Crippen LogP contribution in [-0.4, -0.2) is 25.2 Å². The van der Waals surface area contributed by atoms with Crippen LogP contribution < -0.4 is 0 Å². The number of methoxy groups -OCH3 is 1. The Balaban J connectivity index is 0.000000322. The third-order valence-corrected chi connectivity index (χ3v) is 6.09. The maximum atomic E-state index is 9.46. The van der Waals surface area contributed by atoms with Crippen molar-refractivity contribution in [3.63, 3.8) is 0 Å². The average Bonchev–Trinajstić information content (AvgIpc) is 3.03. The molecule has 0 saturated heterocycles. The summed E-state index contributed by atoms with van der Waals surface area (Å²) in [6, 6.07) is 0. The third kappa shape index (κ3) is 6.51. The first-order chi connectivity index (χ1) is 11.1. The Hall–Kier alpha value is -0.460. The summed E-state index contributed by atoms with van der Waals surface area (Å²) in [7, 11) is 1.81. The number of hydrogen-bond donors (Lipinski definition) is 0. The Morgan fingerprint density at radius 1 is 1.43 bits per heavy atom. The lowest BCUT2D eigenvalue weighted by Gasteiger charge is -2.37. The second-order valence-corrected chi connectivity index (χ2v) is 8.35. The van der Waals surface area contributed by atoms with Crippen molar-refractivity contribution < 1.29 is 14.3 Å². The summed E-state index contributed by atoms with van der Waals surface area (Å²) >= 11 is 5.17. The molecule has 1 aromatic heterocycles. The van der Waals surface area contributed by atoms with Crippen LogP contribution in [0.5, 0.6) is 0 Å². The molecular formula is C17H28BrNO3S. The second-order valence-electron chi connectivity index (χ2n) is 5.94. The highest BCUT2D eigenvalue weighted by Gasteiger charge is 2.39. The Morgan fingerprint density at radius 3 is 2.61 bits per heavy atom. The summed E-state index contributed by atoms with van der Waals surface area (Å²) in [5.41, 5.74) is -0.197. The van der Waals surface area contributed by atoms with Crippen molar-refractivity contribution >= 4 is 33.7 Å². The molecule has 0 spiro atoms. The van der Waals surface area contributed by atoms with E-state index in [1.54, 1.807) is 11.3 Å². The van der Waals surface area contributed by atoms with E-state index in [0.717, 1.165) is 21.6 Å². The molecule has 1 heterocycles. The number of carbonyl (C=O) groups excluding carboxylic acids is 1. The van der Waals surface area contributed by atoms with Crippen molar-refractivity contribution in [1.82, 2.24) is 4.98 Å². The zero-order valence-corrected chi connectivity index (χ0v) is 16.7. The van der Waals surface area contributed by atoms with E-state index >= 15 is 0 Å². The first-order valence-electron chi connectivity index (χ1n) is 8.30. The first-order valence-corrected chi connectivity index (χ1v) is 9.91. The van der Waals surface area contributed by atoms with Gasteiger partial charge in [0.1, 0.15) is 10.6 Å². The fraction of sp³-hybridized carbons (Fsp3) is 0.765. The lowest BCUT2D eigenvalue weighted by Crippen LogP contribution is -2.35. The second kappa shape index (κ2) is 11.2. The van der Waals surface area contributed by atoms with Gasteiger partial charge in [-0.3, -0.25) is 4.79 Å². The van der Waals surface area contributed by atoms with Gasteiger partial charge in [-0.25, -0.2) is 4.98 Å². The molecule has 0 amide bonds. The molecule has 1 unspecified atom stereocenters. The number of carbonyl (C=O) groups is 1. The van der Waals surface area contributed by atoms with Crippen molar-refractivity contribution in [2.24, 2.45) is 5.92 Å². The number of nitrogens with zero attached hydrogens (tertiary/aromatic N) is 1. The van der Waals surface area contributed by atoms with E-state index in [2.05, 4.69) is 32.6 Å². The first kappa shape index (κ1) is 20.6. The third-order valence-electron chi connectivity index (χ3n) is 4.39. The van der Waals surface area contributed by atoms with E-state index in [0.29, 0.717) is 19.0 Å². The predicted molar refractivity (Wildman–Crippen MR) is 97.7 cm³/mol. The van der Waals surface area contributed by atoms with Crippen LogP contribution in [0.4, 0.5) is 0 Å². The highest BCUT2D eigenvalue weighted by molar-refractivity contribution is 9.11. The minimum Gasteiger partial charge on any atom is -0.468 e. The smallest absolute Gasteiger partial charge is 0.293 e. The largest absolute Gasteiger partial charge is 0.468 e. The summed E-state index contributed by atoms with van der Waals surface area (Å²) in [6.07, 6.45) is 10.5. The van der Waals surface area contributed by atoms with E-state index in [-0.39, 0.29) is 5.60 Å². The predicted octanol–water partition coefficient (Wildman–Crippen LogP) is 5.31. The van der Waals surface area contributed by atoms with E-state index in [4.69, 9.17) is 4.74 Å². The van der Waals surface area contributed by atoms with Gasteiger partial charge in [-0.05, 0) is 48.0 Å². The molecule has 4 nitrogen and oxygen atoms in total. The number of aromatic nitrogens is 1. The molecule has 23 heavy (non-hydrogen) atoms. The van der Waals surface area contributed by atoms with Crippen molar-refractivity contribution in [2.75, 3.05) is 13.7 Å². The molecule has 1 aromatic rings. The standard InChI is InChI=1S/C12H18BrNOS.C5H10O2/c1-12(15-2,9-6-4-3-5-7-9)11-14-8-10(13)16-11;1-2-3-4-7-5-6/h8-9H,3-7H2,1-2H3;5H,2-4H2,1H3. The summed E-state index contributed by atoms with van der Waals surface area (Å²) in [5.74, 6) is 0.615. The summed E-state index contributed by atoms with van der Waals surface area (Å²) in [5, 5.41) is 1.11. The minimum absolute atomic E-state index is 0.197. The molecule has 0 aromatic carbocycles. The van der Waals surface area contributed by atoms with Crippen LogP contribution in [0, 0.1) is 5.92 Å². The maximum Gasteiger partial charge on any atom is 0.293 e. The van der Waals surface area contributed by atoms with Crippen molar-refractivity contribution in [1.29, 1.82) is 0 Å². The number of hydrogen-bond acceptors (Lipinski definition) is 5. The molecule has 2 rings (SSSR count). The lowest BCUT2D eigenvalue weighted by atomic mass is 9.78. The van der Waals surface area contributed by atoms with Gasteiger partial charge in [-0.1, -0.05) is 32.6 Å². The van der Waals surface area contributed by atoms with Crippen LogP contribution >= 0.6 is 27.3 Å². The van der Waals surface area contributed by atoms with Crippen LogP contribution in [0.1, 0.15) is 63.8 Å². The topological polar surface area (TPSA) is 48.4 Å². The Labute approximate surface area is 152 Å². The molecular weight excluding hydrogens is 378 g/mol. The highest BCUT2D eigenvalue weighted by Crippen LogP contribution is 2.43. The fourth-order valence-corrected chi connectivity index (χ4v) is 4.25. The Morgan fingerprint density at radius 2 is 2.13 bits per heavy atom. The van der Waals surface area contributed by atoms with E-state index in [9.17, 15) is 4.79 Å². The van der Waals surface area contributed by atoms with Crippen molar-refractivity contribution in [3.05, 3.63) is 15.0 Å². The zero-order chi connectivity index (χ0) is 17.1. The zero-order valence-electron chi connectivity index (χ0n) is 14.3. The summed E-state index contributed by atoms with van der Waals surface area (Å²) in [6.45, 7) is 5.29. The summed E-state index contributed by atoms with van der Waals surface area (Å²) in [4.78, 5) is 13.9.